The highest BCUT2D eigenvalue weighted by molar-refractivity contribution is 5.78. The normalized spacial score (nSPS) is 11.6. The molecule has 3 nitrogen and oxygen atoms in total. The van der Waals surface area contributed by atoms with Crippen molar-refractivity contribution in [1.29, 1.82) is 5.26 Å². The second kappa shape index (κ2) is 5.32. The molecule has 0 radical (unpaired) electrons. The molecule has 1 rings (SSSR count). The first-order valence-corrected chi connectivity index (χ1v) is 5.28. The Hall–Kier alpha value is -1.82. The topological polar surface area (TPSA) is 52.9 Å². The number of hydrogen-bond donors (Lipinski definition) is 1. The van der Waals surface area contributed by atoms with Crippen LogP contribution in [-0.4, -0.2) is 5.91 Å². The summed E-state index contributed by atoms with van der Waals surface area (Å²) in [6.45, 7) is 5.96. The van der Waals surface area contributed by atoms with E-state index in [1.165, 1.54) is 5.56 Å². The van der Waals surface area contributed by atoms with Crippen LogP contribution in [0.4, 0.5) is 0 Å². The molecule has 84 valence electrons. The first-order chi connectivity index (χ1) is 7.54. The van der Waals surface area contributed by atoms with Crippen LogP contribution in [0.2, 0.25) is 0 Å². The number of nitrogens with zero attached hydrogens (tertiary/aromatic N) is 1. The number of carbonyl (C=O) groups excluding carboxylic acids is 1. The number of benzene rings is 1. The van der Waals surface area contributed by atoms with Gasteiger partial charge >= 0.3 is 0 Å². The third-order valence-electron chi connectivity index (χ3n) is 2.52. The molecule has 3 heteroatoms. The van der Waals surface area contributed by atoms with Crippen LogP contribution in [0.15, 0.2) is 18.2 Å². The van der Waals surface area contributed by atoms with Crippen LogP contribution in [0.1, 0.15) is 36.1 Å². The van der Waals surface area contributed by atoms with Gasteiger partial charge in [0.2, 0.25) is 5.91 Å². The molecule has 0 spiro atoms. The molecule has 0 aliphatic rings. The number of amides is 1. The van der Waals surface area contributed by atoms with Crippen molar-refractivity contribution in [2.24, 2.45) is 0 Å². The molecule has 1 N–H and O–H groups in total. The van der Waals surface area contributed by atoms with Gasteiger partial charge in [-0.25, -0.2) is 0 Å². The Morgan fingerprint density at radius 1 is 1.50 bits per heavy atom. The van der Waals surface area contributed by atoms with Crippen molar-refractivity contribution in [2.75, 3.05) is 0 Å². The number of aryl methyl sites for hydroxylation is 2. The van der Waals surface area contributed by atoms with Crippen molar-refractivity contribution < 1.29 is 4.79 Å². The summed E-state index contributed by atoms with van der Waals surface area (Å²) in [7, 11) is 0. The van der Waals surface area contributed by atoms with Crippen LogP contribution in [0, 0.1) is 25.2 Å². The van der Waals surface area contributed by atoms with Crippen molar-refractivity contribution in [3.05, 3.63) is 34.9 Å². The van der Waals surface area contributed by atoms with Gasteiger partial charge in [-0.15, -0.1) is 0 Å². The van der Waals surface area contributed by atoms with Gasteiger partial charge in [0, 0.05) is 0 Å². The lowest BCUT2D eigenvalue weighted by Gasteiger charge is -2.16. The van der Waals surface area contributed by atoms with E-state index >= 15 is 0 Å². The van der Waals surface area contributed by atoms with Crippen molar-refractivity contribution >= 4 is 5.91 Å². The van der Waals surface area contributed by atoms with E-state index in [-0.39, 0.29) is 18.4 Å². The number of nitriles is 1. The summed E-state index contributed by atoms with van der Waals surface area (Å²) in [4.78, 5) is 11.3. The van der Waals surface area contributed by atoms with Crippen LogP contribution in [0.3, 0.4) is 0 Å². The molecule has 0 saturated heterocycles. The molecule has 0 unspecified atom stereocenters. The Bertz CT molecular complexity index is 432. The first kappa shape index (κ1) is 12.3. The molecule has 16 heavy (non-hydrogen) atoms. The van der Waals surface area contributed by atoms with Crippen LogP contribution in [-0.2, 0) is 4.79 Å². The van der Waals surface area contributed by atoms with Crippen LogP contribution in [0.5, 0.6) is 0 Å². The van der Waals surface area contributed by atoms with E-state index in [1.807, 2.05) is 39.0 Å². The molecular weight excluding hydrogens is 200 g/mol. The summed E-state index contributed by atoms with van der Waals surface area (Å²) in [5.41, 5.74) is 3.42. The van der Waals surface area contributed by atoms with Gasteiger partial charge in [0.1, 0.15) is 6.42 Å². The Morgan fingerprint density at radius 3 is 2.81 bits per heavy atom. The zero-order valence-electron chi connectivity index (χ0n) is 9.87. The number of carbonyl (C=O) groups is 1. The molecule has 0 aromatic heterocycles. The highest BCUT2D eigenvalue weighted by atomic mass is 16.1. The van der Waals surface area contributed by atoms with E-state index in [2.05, 4.69) is 11.4 Å². The number of rotatable bonds is 3. The highest BCUT2D eigenvalue weighted by Crippen LogP contribution is 2.18. The lowest BCUT2D eigenvalue weighted by molar-refractivity contribution is -0.120. The fourth-order valence-electron chi connectivity index (χ4n) is 1.67. The minimum Gasteiger partial charge on any atom is -0.349 e. The maximum absolute atomic E-state index is 11.3. The van der Waals surface area contributed by atoms with Gasteiger partial charge in [-0.2, -0.15) is 5.26 Å². The highest BCUT2D eigenvalue weighted by Gasteiger charge is 2.11. The first-order valence-electron chi connectivity index (χ1n) is 5.28. The summed E-state index contributed by atoms with van der Waals surface area (Å²) in [5, 5.41) is 11.2. The van der Waals surface area contributed by atoms with E-state index in [0.29, 0.717) is 0 Å². The Kier molecular flexibility index (Phi) is 4.07. The quantitative estimate of drug-likeness (QED) is 0.843. The second-order valence-electron chi connectivity index (χ2n) is 3.98. The fourth-order valence-corrected chi connectivity index (χ4v) is 1.67. The van der Waals surface area contributed by atoms with Crippen LogP contribution < -0.4 is 5.32 Å². The number of nitrogens with one attached hydrogen (secondary N) is 1. The maximum atomic E-state index is 11.3. The van der Waals surface area contributed by atoms with E-state index in [1.54, 1.807) is 0 Å². The van der Waals surface area contributed by atoms with Crippen LogP contribution in [0.25, 0.3) is 0 Å². The van der Waals surface area contributed by atoms with E-state index < -0.39 is 0 Å². The van der Waals surface area contributed by atoms with Crippen molar-refractivity contribution in [3.63, 3.8) is 0 Å². The largest absolute Gasteiger partial charge is 0.349 e. The SMILES string of the molecule is Cc1ccc(C)c([C@@H](C)NC(=O)CC#N)c1. The van der Waals surface area contributed by atoms with Gasteiger partial charge in [-0.1, -0.05) is 23.8 Å². The standard InChI is InChI=1S/C13H16N2O/c1-9-4-5-10(2)12(8-9)11(3)15-13(16)6-7-14/h4-5,8,11H,6H2,1-3H3,(H,15,16)/t11-/m1/s1. The predicted molar refractivity (Wildman–Crippen MR) is 62.7 cm³/mol. The second-order valence-corrected chi connectivity index (χ2v) is 3.98. The van der Waals surface area contributed by atoms with Gasteiger partial charge < -0.3 is 5.32 Å². The lowest BCUT2D eigenvalue weighted by Crippen LogP contribution is -2.26. The molecule has 0 bridgehead atoms. The Balaban J connectivity index is 2.80. The summed E-state index contributed by atoms with van der Waals surface area (Å²) < 4.78 is 0. The molecular formula is C13H16N2O. The maximum Gasteiger partial charge on any atom is 0.234 e. The smallest absolute Gasteiger partial charge is 0.234 e. The van der Waals surface area contributed by atoms with E-state index in [0.717, 1.165) is 11.1 Å². The van der Waals surface area contributed by atoms with Crippen molar-refractivity contribution in [2.45, 2.75) is 33.2 Å². The lowest BCUT2D eigenvalue weighted by atomic mass is 10.00. The average molecular weight is 216 g/mol. The van der Waals surface area contributed by atoms with Crippen molar-refractivity contribution in [1.82, 2.24) is 5.32 Å². The predicted octanol–water partition coefficient (Wildman–Crippen LogP) is 2.39. The van der Waals surface area contributed by atoms with Gasteiger partial charge in [0.25, 0.3) is 0 Å². The fraction of sp³-hybridized carbons (Fsp3) is 0.385. The minimum absolute atomic E-state index is 0.0549. The summed E-state index contributed by atoms with van der Waals surface area (Å²) >= 11 is 0. The van der Waals surface area contributed by atoms with Gasteiger partial charge in [0.05, 0.1) is 12.1 Å². The van der Waals surface area contributed by atoms with Crippen LogP contribution >= 0.6 is 0 Å². The molecule has 1 aromatic rings. The molecule has 1 amide bonds. The molecule has 0 saturated carbocycles. The third kappa shape index (κ3) is 3.09. The monoisotopic (exact) mass is 216 g/mol. The summed E-state index contributed by atoms with van der Waals surface area (Å²) in [6.07, 6.45) is -0.0881. The van der Waals surface area contributed by atoms with Gasteiger partial charge in [0.15, 0.2) is 0 Å². The number of hydrogen-bond acceptors (Lipinski definition) is 2. The van der Waals surface area contributed by atoms with Gasteiger partial charge in [-0.05, 0) is 31.9 Å². The van der Waals surface area contributed by atoms with Crippen molar-refractivity contribution in [3.8, 4) is 6.07 Å². The van der Waals surface area contributed by atoms with E-state index in [4.69, 9.17) is 5.26 Å². The molecule has 0 fully saturated rings. The minimum atomic E-state index is -0.226. The zero-order valence-corrected chi connectivity index (χ0v) is 9.87. The molecule has 0 aliphatic carbocycles. The Labute approximate surface area is 96.1 Å². The molecule has 0 heterocycles. The molecule has 0 aliphatic heterocycles. The third-order valence-corrected chi connectivity index (χ3v) is 2.52. The van der Waals surface area contributed by atoms with Gasteiger partial charge in [-0.3, -0.25) is 4.79 Å². The summed E-state index contributed by atoms with van der Waals surface area (Å²) in [5.74, 6) is -0.226. The molecule has 1 aromatic carbocycles. The zero-order chi connectivity index (χ0) is 12.1. The summed E-state index contributed by atoms with van der Waals surface area (Å²) in [6, 6.07) is 7.93. The molecule has 1 atom stereocenters. The van der Waals surface area contributed by atoms with E-state index in [9.17, 15) is 4.79 Å². The average Bonchev–Trinajstić information content (AvgIpc) is 2.21. The Morgan fingerprint density at radius 2 is 2.19 bits per heavy atom.